The van der Waals surface area contributed by atoms with Crippen LogP contribution in [0.2, 0.25) is 0 Å². The number of aryl methyl sites for hydroxylation is 1. The smallest absolute Gasteiger partial charge is 0.261 e. The Bertz CT molecular complexity index is 1290. The first kappa shape index (κ1) is 21.2. The number of benzene rings is 2. The third-order valence-corrected chi connectivity index (χ3v) is 7.81. The van der Waals surface area contributed by atoms with E-state index in [2.05, 4.69) is 72.2 Å². The Labute approximate surface area is 192 Å². The van der Waals surface area contributed by atoms with Crippen molar-refractivity contribution in [1.29, 1.82) is 0 Å². The molecule has 1 fully saturated rings. The number of thiophene rings is 1. The lowest BCUT2D eigenvalue weighted by Crippen LogP contribution is -2.36. The predicted molar refractivity (Wildman–Crippen MR) is 132 cm³/mol. The molecule has 0 aliphatic carbocycles. The van der Waals surface area contributed by atoms with Crippen LogP contribution in [0.4, 0.5) is 0 Å². The number of aromatic nitrogens is 1. The van der Waals surface area contributed by atoms with E-state index >= 15 is 0 Å². The Morgan fingerprint density at radius 2 is 1.88 bits per heavy atom. The normalized spacial score (nSPS) is 17.3. The van der Waals surface area contributed by atoms with Gasteiger partial charge in [0.05, 0.1) is 17.6 Å². The SMILES string of the molecule is Cc1c(CCNC(=O)c2sc3ccccc3c2[C@@H]2CN(C)CCO2)c2ccccc2n1C. The Kier molecular flexibility index (Phi) is 5.76. The number of morpholine rings is 1. The Balaban J connectivity index is 1.39. The number of nitrogens with zero attached hydrogens (tertiary/aromatic N) is 2. The number of amides is 1. The molecule has 6 heteroatoms. The van der Waals surface area contributed by atoms with Crippen molar-refractivity contribution in [3.63, 3.8) is 0 Å². The molecule has 1 aliphatic heterocycles. The van der Waals surface area contributed by atoms with Crippen molar-refractivity contribution >= 4 is 38.2 Å². The average Bonchev–Trinajstić information content (AvgIpc) is 3.31. The molecule has 2 aromatic heterocycles. The standard InChI is InChI=1S/C26H29N3O2S/c1-17-18(19-8-4-6-10-21(19)29(17)3)12-13-27-26(30)25-24(22-16-28(2)14-15-31-22)20-9-5-7-11-23(20)32-25/h4-11,22H,12-16H2,1-3H3,(H,27,30)/t22-/m0/s1. The number of carbonyl (C=O) groups is 1. The maximum Gasteiger partial charge on any atom is 0.261 e. The first-order chi connectivity index (χ1) is 15.5. The summed E-state index contributed by atoms with van der Waals surface area (Å²) >= 11 is 1.57. The van der Waals surface area contributed by atoms with Crippen LogP contribution in [0, 0.1) is 6.92 Å². The maximum absolute atomic E-state index is 13.3. The number of ether oxygens (including phenoxy) is 1. The van der Waals surface area contributed by atoms with Gasteiger partial charge in [-0.2, -0.15) is 0 Å². The number of carbonyl (C=O) groups excluding carboxylic acids is 1. The fraction of sp³-hybridized carbons (Fsp3) is 0.346. The second kappa shape index (κ2) is 8.70. The fourth-order valence-electron chi connectivity index (χ4n) is 4.80. The molecule has 4 aromatic rings. The minimum Gasteiger partial charge on any atom is -0.371 e. The summed E-state index contributed by atoms with van der Waals surface area (Å²) in [6, 6.07) is 16.7. The number of para-hydroxylation sites is 1. The van der Waals surface area contributed by atoms with E-state index in [0.717, 1.165) is 40.0 Å². The molecule has 1 amide bonds. The molecular weight excluding hydrogens is 418 g/mol. The van der Waals surface area contributed by atoms with Gasteiger partial charge in [0, 0.05) is 53.5 Å². The third kappa shape index (κ3) is 3.72. The molecule has 0 saturated carbocycles. The number of fused-ring (bicyclic) bond motifs is 2. The van der Waals surface area contributed by atoms with Gasteiger partial charge in [-0.3, -0.25) is 4.79 Å². The van der Waals surface area contributed by atoms with Gasteiger partial charge in [0.25, 0.3) is 5.91 Å². The largest absolute Gasteiger partial charge is 0.371 e. The number of hydrogen-bond acceptors (Lipinski definition) is 4. The number of likely N-dealkylation sites (N-methyl/N-ethyl adjacent to an activating group) is 1. The van der Waals surface area contributed by atoms with Gasteiger partial charge in [-0.1, -0.05) is 36.4 Å². The van der Waals surface area contributed by atoms with Crippen molar-refractivity contribution in [2.45, 2.75) is 19.4 Å². The zero-order valence-corrected chi connectivity index (χ0v) is 19.7. The maximum atomic E-state index is 13.3. The van der Waals surface area contributed by atoms with E-state index in [4.69, 9.17) is 4.74 Å². The van der Waals surface area contributed by atoms with Crippen LogP contribution in [0.25, 0.3) is 21.0 Å². The highest BCUT2D eigenvalue weighted by atomic mass is 32.1. The summed E-state index contributed by atoms with van der Waals surface area (Å²) in [7, 11) is 4.21. The average molecular weight is 448 g/mol. The van der Waals surface area contributed by atoms with Gasteiger partial charge in [0.1, 0.15) is 0 Å². The Morgan fingerprint density at radius 3 is 2.69 bits per heavy atom. The molecule has 5 nitrogen and oxygen atoms in total. The highest BCUT2D eigenvalue weighted by Crippen LogP contribution is 2.38. The van der Waals surface area contributed by atoms with Crippen molar-refractivity contribution in [1.82, 2.24) is 14.8 Å². The minimum absolute atomic E-state index is 0.00378. The van der Waals surface area contributed by atoms with Crippen LogP contribution in [-0.2, 0) is 18.2 Å². The van der Waals surface area contributed by atoms with Crippen molar-refractivity contribution in [3.8, 4) is 0 Å². The van der Waals surface area contributed by atoms with E-state index in [-0.39, 0.29) is 12.0 Å². The Morgan fingerprint density at radius 1 is 1.12 bits per heavy atom. The van der Waals surface area contributed by atoms with E-state index in [9.17, 15) is 4.79 Å². The zero-order chi connectivity index (χ0) is 22.2. The molecule has 0 radical (unpaired) electrons. The molecule has 32 heavy (non-hydrogen) atoms. The monoisotopic (exact) mass is 447 g/mol. The Hall–Kier alpha value is -2.67. The topological polar surface area (TPSA) is 46.5 Å². The molecule has 5 rings (SSSR count). The van der Waals surface area contributed by atoms with E-state index in [1.54, 1.807) is 11.3 Å². The summed E-state index contributed by atoms with van der Waals surface area (Å²) in [5, 5.41) is 5.59. The van der Waals surface area contributed by atoms with Gasteiger partial charge >= 0.3 is 0 Å². The molecule has 3 heterocycles. The molecule has 166 valence electrons. The predicted octanol–water partition coefficient (Wildman–Crippen LogP) is 4.68. The summed E-state index contributed by atoms with van der Waals surface area (Å²) in [5.41, 5.74) is 4.83. The summed E-state index contributed by atoms with van der Waals surface area (Å²) in [5.74, 6) is -0.00378. The van der Waals surface area contributed by atoms with Crippen LogP contribution >= 0.6 is 11.3 Å². The summed E-state index contributed by atoms with van der Waals surface area (Å²) in [4.78, 5) is 16.4. The van der Waals surface area contributed by atoms with Gasteiger partial charge in [-0.25, -0.2) is 0 Å². The first-order valence-electron chi connectivity index (χ1n) is 11.2. The molecule has 1 atom stereocenters. The fourth-order valence-corrected chi connectivity index (χ4v) is 5.97. The summed E-state index contributed by atoms with van der Waals surface area (Å²) < 4.78 is 9.48. The summed E-state index contributed by atoms with van der Waals surface area (Å²) in [6.07, 6.45) is 0.730. The molecule has 0 bridgehead atoms. The van der Waals surface area contributed by atoms with Crippen LogP contribution in [0.15, 0.2) is 48.5 Å². The number of nitrogens with one attached hydrogen (secondary N) is 1. The molecule has 1 saturated heterocycles. The van der Waals surface area contributed by atoms with Crippen LogP contribution in [0.5, 0.6) is 0 Å². The lowest BCUT2D eigenvalue weighted by atomic mass is 10.0. The minimum atomic E-state index is -0.0778. The second-order valence-corrected chi connectivity index (χ2v) is 9.66. The highest BCUT2D eigenvalue weighted by molar-refractivity contribution is 7.21. The quantitative estimate of drug-likeness (QED) is 0.483. The molecule has 2 aromatic carbocycles. The highest BCUT2D eigenvalue weighted by Gasteiger charge is 2.28. The van der Waals surface area contributed by atoms with Gasteiger partial charge in [0.2, 0.25) is 0 Å². The molecular formula is C26H29N3O2S. The van der Waals surface area contributed by atoms with Crippen molar-refractivity contribution in [2.24, 2.45) is 7.05 Å². The second-order valence-electron chi connectivity index (χ2n) is 8.61. The van der Waals surface area contributed by atoms with E-state index in [0.29, 0.717) is 13.2 Å². The van der Waals surface area contributed by atoms with Gasteiger partial charge in [0.15, 0.2) is 0 Å². The van der Waals surface area contributed by atoms with Gasteiger partial charge < -0.3 is 19.5 Å². The molecule has 0 spiro atoms. The zero-order valence-electron chi connectivity index (χ0n) is 18.9. The number of rotatable bonds is 5. The molecule has 0 unspecified atom stereocenters. The van der Waals surface area contributed by atoms with Crippen LogP contribution in [0.3, 0.4) is 0 Å². The molecule has 1 N–H and O–H groups in total. The van der Waals surface area contributed by atoms with Gasteiger partial charge in [-0.15, -0.1) is 11.3 Å². The lowest BCUT2D eigenvalue weighted by molar-refractivity contribution is -0.0202. The number of hydrogen-bond donors (Lipinski definition) is 1. The summed E-state index contributed by atoms with van der Waals surface area (Å²) in [6.45, 7) is 5.17. The molecule has 1 aliphatic rings. The van der Waals surface area contributed by atoms with E-state index < -0.39 is 0 Å². The van der Waals surface area contributed by atoms with Crippen molar-refractivity contribution in [3.05, 3.63) is 70.2 Å². The van der Waals surface area contributed by atoms with Crippen molar-refractivity contribution in [2.75, 3.05) is 33.3 Å². The van der Waals surface area contributed by atoms with Crippen LogP contribution < -0.4 is 5.32 Å². The van der Waals surface area contributed by atoms with Crippen LogP contribution in [-0.4, -0.2) is 48.7 Å². The van der Waals surface area contributed by atoms with Crippen LogP contribution in [0.1, 0.15) is 32.6 Å². The van der Waals surface area contributed by atoms with E-state index in [1.165, 1.54) is 22.2 Å². The third-order valence-electron chi connectivity index (χ3n) is 6.62. The van der Waals surface area contributed by atoms with Crippen molar-refractivity contribution < 1.29 is 9.53 Å². The van der Waals surface area contributed by atoms with E-state index in [1.807, 2.05) is 12.1 Å². The lowest BCUT2D eigenvalue weighted by Gasteiger charge is -2.30. The first-order valence-corrected chi connectivity index (χ1v) is 12.0. The van der Waals surface area contributed by atoms with Gasteiger partial charge in [-0.05, 0) is 43.5 Å².